The second-order valence-corrected chi connectivity index (χ2v) is 7.02. The average Bonchev–Trinajstić information content (AvgIpc) is 3.28. The molecule has 1 unspecified atom stereocenters. The first-order valence-corrected chi connectivity index (χ1v) is 9.26. The van der Waals surface area contributed by atoms with Gasteiger partial charge in [-0.15, -0.1) is 0 Å². The van der Waals surface area contributed by atoms with E-state index in [9.17, 15) is 4.79 Å². The van der Waals surface area contributed by atoms with Crippen LogP contribution in [0.3, 0.4) is 0 Å². The summed E-state index contributed by atoms with van der Waals surface area (Å²) in [5, 5.41) is 8.08. The number of H-pyrrole nitrogens is 1. The number of carbonyl (C=O) groups excluding carboxylic acids is 1. The van der Waals surface area contributed by atoms with Crippen molar-refractivity contribution in [2.24, 2.45) is 5.73 Å². The van der Waals surface area contributed by atoms with E-state index < -0.39 is 0 Å². The van der Waals surface area contributed by atoms with E-state index in [1.807, 2.05) is 41.3 Å². The third-order valence-corrected chi connectivity index (χ3v) is 5.28. The highest BCUT2D eigenvalue weighted by Crippen LogP contribution is 2.34. The summed E-state index contributed by atoms with van der Waals surface area (Å²) >= 11 is 6.34. The van der Waals surface area contributed by atoms with Crippen molar-refractivity contribution in [2.75, 3.05) is 6.54 Å². The lowest BCUT2D eigenvalue weighted by molar-refractivity contribution is -0.133. The maximum atomic E-state index is 13.3. The van der Waals surface area contributed by atoms with Crippen LogP contribution in [0.15, 0.2) is 48.8 Å². The molecule has 0 fully saturated rings. The number of carbonyl (C=O) groups is 1. The van der Waals surface area contributed by atoms with Gasteiger partial charge in [-0.05, 0) is 36.7 Å². The first kappa shape index (κ1) is 17.7. The molecule has 1 aromatic carbocycles. The number of amides is 1. The average molecular weight is 382 g/mol. The van der Waals surface area contributed by atoms with Crippen LogP contribution in [0.1, 0.15) is 29.2 Å². The maximum Gasteiger partial charge on any atom is 0.230 e. The highest BCUT2D eigenvalue weighted by atomic mass is 35.5. The van der Waals surface area contributed by atoms with E-state index in [1.54, 1.807) is 12.4 Å². The Morgan fingerprint density at radius 3 is 2.85 bits per heavy atom. The summed E-state index contributed by atoms with van der Waals surface area (Å²) in [6.07, 6.45) is 4.07. The molecule has 6 nitrogen and oxygen atoms in total. The van der Waals surface area contributed by atoms with Crippen molar-refractivity contribution in [1.82, 2.24) is 20.1 Å². The number of halogens is 1. The third-order valence-electron chi connectivity index (χ3n) is 4.93. The number of aromatic nitrogens is 3. The number of hydrogen-bond donors (Lipinski definition) is 2. The van der Waals surface area contributed by atoms with E-state index >= 15 is 0 Å². The molecule has 1 atom stereocenters. The zero-order valence-corrected chi connectivity index (χ0v) is 15.5. The molecule has 0 saturated carbocycles. The van der Waals surface area contributed by atoms with Gasteiger partial charge in [0.2, 0.25) is 5.91 Å². The fourth-order valence-electron chi connectivity index (χ4n) is 3.59. The van der Waals surface area contributed by atoms with Gasteiger partial charge in [0.25, 0.3) is 0 Å². The number of hydrogen-bond acceptors (Lipinski definition) is 4. The van der Waals surface area contributed by atoms with E-state index in [0.29, 0.717) is 31.1 Å². The summed E-state index contributed by atoms with van der Waals surface area (Å²) in [7, 11) is 0. The van der Waals surface area contributed by atoms with Crippen LogP contribution in [0.25, 0.3) is 11.3 Å². The van der Waals surface area contributed by atoms with Gasteiger partial charge in [0.1, 0.15) is 0 Å². The first-order valence-electron chi connectivity index (χ1n) is 8.89. The Hall–Kier alpha value is -2.70. The molecule has 0 aliphatic carbocycles. The molecule has 138 valence electrons. The monoisotopic (exact) mass is 381 g/mol. The molecule has 3 heterocycles. The van der Waals surface area contributed by atoms with Crippen molar-refractivity contribution in [3.8, 4) is 11.3 Å². The predicted octanol–water partition coefficient (Wildman–Crippen LogP) is 3.10. The molecule has 0 bridgehead atoms. The number of nitrogens with one attached hydrogen (secondary N) is 1. The molecule has 2 aromatic heterocycles. The number of aromatic amines is 1. The molecule has 0 radical (unpaired) electrons. The van der Waals surface area contributed by atoms with Crippen LogP contribution >= 0.6 is 11.6 Å². The van der Waals surface area contributed by atoms with Crippen LogP contribution in [0.5, 0.6) is 0 Å². The van der Waals surface area contributed by atoms with Crippen molar-refractivity contribution in [2.45, 2.75) is 25.4 Å². The van der Waals surface area contributed by atoms with Gasteiger partial charge >= 0.3 is 0 Å². The van der Waals surface area contributed by atoms with Crippen LogP contribution < -0.4 is 5.73 Å². The zero-order chi connectivity index (χ0) is 18.8. The molecule has 0 saturated heterocycles. The molecule has 27 heavy (non-hydrogen) atoms. The Labute approximate surface area is 162 Å². The Balaban J connectivity index is 1.59. The van der Waals surface area contributed by atoms with Crippen molar-refractivity contribution in [3.63, 3.8) is 0 Å². The Bertz CT molecular complexity index is 956. The summed E-state index contributed by atoms with van der Waals surface area (Å²) in [6, 6.07) is 11.3. The van der Waals surface area contributed by atoms with Gasteiger partial charge in [0.15, 0.2) is 0 Å². The molecule has 1 amide bonds. The number of pyridine rings is 1. The SMILES string of the molecule is NCCC(C(=O)N1Cc2[nH]nc(-c3cccnc3)c2C1)c1ccccc1Cl. The lowest BCUT2D eigenvalue weighted by atomic mass is 9.94. The smallest absolute Gasteiger partial charge is 0.230 e. The second kappa shape index (κ2) is 7.50. The van der Waals surface area contributed by atoms with Gasteiger partial charge < -0.3 is 10.6 Å². The Morgan fingerprint density at radius 2 is 2.11 bits per heavy atom. The largest absolute Gasteiger partial charge is 0.332 e. The summed E-state index contributed by atoms with van der Waals surface area (Å²) in [5.74, 6) is -0.308. The van der Waals surface area contributed by atoms with Gasteiger partial charge in [-0.2, -0.15) is 5.10 Å². The van der Waals surface area contributed by atoms with E-state index in [2.05, 4.69) is 15.2 Å². The maximum absolute atomic E-state index is 13.3. The minimum atomic E-state index is -0.345. The highest BCUT2D eigenvalue weighted by Gasteiger charge is 2.33. The summed E-state index contributed by atoms with van der Waals surface area (Å²) in [5.41, 5.74) is 10.4. The molecule has 4 rings (SSSR count). The van der Waals surface area contributed by atoms with Crippen molar-refractivity contribution in [3.05, 3.63) is 70.6 Å². The van der Waals surface area contributed by atoms with Crippen LogP contribution in [0, 0.1) is 0 Å². The molecular weight excluding hydrogens is 362 g/mol. The first-order chi connectivity index (χ1) is 13.2. The van der Waals surface area contributed by atoms with Gasteiger partial charge in [-0.1, -0.05) is 29.8 Å². The van der Waals surface area contributed by atoms with E-state index in [4.69, 9.17) is 17.3 Å². The number of nitrogens with zero attached hydrogens (tertiary/aromatic N) is 3. The molecule has 3 aromatic rings. The molecule has 1 aliphatic heterocycles. The number of rotatable bonds is 5. The number of benzene rings is 1. The zero-order valence-electron chi connectivity index (χ0n) is 14.7. The van der Waals surface area contributed by atoms with Crippen LogP contribution in [0.2, 0.25) is 5.02 Å². The van der Waals surface area contributed by atoms with Crippen molar-refractivity contribution in [1.29, 1.82) is 0 Å². The fraction of sp³-hybridized carbons (Fsp3) is 0.250. The van der Waals surface area contributed by atoms with Gasteiger partial charge in [0.05, 0.1) is 30.4 Å². The van der Waals surface area contributed by atoms with Crippen molar-refractivity contribution >= 4 is 17.5 Å². The third kappa shape index (κ3) is 3.34. The van der Waals surface area contributed by atoms with Gasteiger partial charge in [-0.25, -0.2) is 0 Å². The lowest BCUT2D eigenvalue weighted by Crippen LogP contribution is -2.32. The van der Waals surface area contributed by atoms with Gasteiger partial charge in [-0.3, -0.25) is 14.9 Å². The number of nitrogens with two attached hydrogens (primary N) is 1. The summed E-state index contributed by atoms with van der Waals surface area (Å²) < 4.78 is 0. The number of fused-ring (bicyclic) bond motifs is 1. The molecule has 1 aliphatic rings. The topological polar surface area (TPSA) is 87.9 Å². The summed E-state index contributed by atoms with van der Waals surface area (Å²) in [6.45, 7) is 1.44. The highest BCUT2D eigenvalue weighted by molar-refractivity contribution is 6.31. The Kier molecular flexibility index (Phi) is 4.92. The molecule has 7 heteroatoms. The minimum absolute atomic E-state index is 0.0373. The predicted molar refractivity (Wildman–Crippen MR) is 104 cm³/mol. The normalized spacial score (nSPS) is 14.2. The standard InChI is InChI=1S/C20H20ClN5O/c21-17-6-2-1-5-14(17)15(7-8-22)20(27)26-11-16-18(12-26)24-25-19(16)13-4-3-9-23-10-13/h1-6,9-10,15H,7-8,11-12,22H2,(H,24,25). The second-order valence-electron chi connectivity index (χ2n) is 6.62. The molecule has 0 spiro atoms. The minimum Gasteiger partial charge on any atom is -0.332 e. The van der Waals surface area contributed by atoms with Crippen molar-refractivity contribution < 1.29 is 4.79 Å². The molecular formula is C20H20ClN5O. The van der Waals surface area contributed by atoms with Crippen LogP contribution in [-0.4, -0.2) is 32.5 Å². The van der Waals surface area contributed by atoms with Crippen LogP contribution in [0.4, 0.5) is 0 Å². The molecule has 3 N–H and O–H groups in total. The van der Waals surface area contributed by atoms with Crippen LogP contribution in [-0.2, 0) is 17.9 Å². The van der Waals surface area contributed by atoms with E-state index in [-0.39, 0.29) is 11.8 Å². The van der Waals surface area contributed by atoms with E-state index in [0.717, 1.165) is 28.1 Å². The Morgan fingerprint density at radius 1 is 1.26 bits per heavy atom. The van der Waals surface area contributed by atoms with Gasteiger partial charge in [0, 0.05) is 28.5 Å². The summed E-state index contributed by atoms with van der Waals surface area (Å²) in [4.78, 5) is 19.3. The van der Waals surface area contributed by atoms with E-state index in [1.165, 1.54) is 0 Å². The fourth-order valence-corrected chi connectivity index (χ4v) is 3.86. The quantitative estimate of drug-likeness (QED) is 0.710. The lowest BCUT2D eigenvalue weighted by Gasteiger charge is -2.24.